The van der Waals surface area contributed by atoms with Crippen LogP contribution in [0.4, 0.5) is 0 Å². The number of hydrogen-bond acceptors (Lipinski definition) is 7. The number of aliphatic hydroxyl groups is 2. The molecule has 2 aromatic carbocycles. The molecule has 42 heavy (non-hydrogen) atoms. The lowest BCUT2D eigenvalue weighted by Gasteiger charge is -2.34. The maximum atomic E-state index is 13.4. The van der Waals surface area contributed by atoms with Crippen molar-refractivity contribution >= 4 is 40.5 Å². The van der Waals surface area contributed by atoms with Crippen LogP contribution in [0, 0.1) is 11.3 Å². The summed E-state index contributed by atoms with van der Waals surface area (Å²) in [5.41, 5.74) is 2.91. The lowest BCUT2D eigenvalue weighted by molar-refractivity contribution is -0.148. The van der Waals surface area contributed by atoms with Gasteiger partial charge in [-0.2, -0.15) is 0 Å². The molecule has 0 saturated carbocycles. The van der Waals surface area contributed by atoms with Gasteiger partial charge in [0.25, 0.3) is 5.91 Å². The third-order valence-corrected chi connectivity index (χ3v) is 7.58. The zero-order chi connectivity index (χ0) is 31.2. The van der Waals surface area contributed by atoms with Crippen LogP contribution in [0.5, 0.6) is 0 Å². The van der Waals surface area contributed by atoms with E-state index in [0.29, 0.717) is 19.4 Å². The summed E-state index contributed by atoms with van der Waals surface area (Å²) in [7, 11) is 0. The summed E-state index contributed by atoms with van der Waals surface area (Å²) in [5.74, 6) is -3.01. The van der Waals surface area contributed by atoms with Crippen LogP contribution in [0.3, 0.4) is 0 Å². The molecule has 228 valence electrons. The van der Waals surface area contributed by atoms with E-state index in [9.17, 15) is 34.5 Å². The Bertz CT molecular complexity index is 1340. The minimum atomic E-state index is -1.35. The number of nitrogens with one attached hydrogen (secondary N) is 3. The average molecular weight is 583 g/mol. The van der Waals surface area contributed by atoms with Crippen molar-refractivity contribution in [2.24, 2.45) is 11.3 Å². The average Bonchev–Trinajstić information content (AvgIpc) is 2.97. The van der Waals surface area contributed by atoms with Gasteiger partial charge in [-0.3, -0.25) is 24.2 Å². The molecule has 0 aliphatic carbocycles. The van der Waals surface area contributed by atoms with Crippen LogP contribution in [0.25, 0.3) is 16.8 Å². The second kappa shape index (κ2) is 13.9. The van der Waals surface area contributed by atoms with Crippen LogP contribution in [-0.2, 0) is 19.2 Å². The summed E-state index contributed by atoms with van der Waals surface area (Å²) in [4.78, 5) is 50.7. The third kappa shape index (κ3) is 7.93. The molecule has 0 bridgehead atoms. The quantitative estimate of drug-likeness (QED) is 0.234. The van der Waals surface area contributed by atoms with Gasteiger partial charge in [-0.15, -0.1) is 0 Å². The highest BCUT2D eigenvalue weighted by Crippen LogP contribution is 2.25. The van der Waals surface area contributed by atoms with E-state index in [1.807, 2.05) is 36.4 Å². The Morgan fingerprint density at radius 2 is 1.76 bits per heavy atom. The van der Waals surface area contributed by atoms with Gasteiger partial charge in [0.1, 0.15) is 18.1 Å². The number of fused-ring (bicyclic) bond motifs is 1. The molecule has 2 aromatic rings. The molecule has 11 heteroatoms. The summed E-state index contributed by atoms with van der Waals surface area (Å²) in [6.45, 7) is 8.07. The molecule has 0 spiro atoms. The van der Waals surface area contributed by atoms with Gasteiger partial charge in [-0.1, -0.05) is 50.3 Å². The topological polar surface area (TPSA) is 168 Å². The Balaban J connectivity index is 1.70. The zero-order valence-corrected chi connectivity index (χ0v) is 24.8. The number of hydrazine groups is 1. The highest BCUT2D eigenvalue weighted by molar-refractivity contribution is 5.94. The smallest absolute Gasteiger partial charge is 0.322 e. The molecule has 11 nitrogen and oxygen atoms in total. The van der Waals surface area contributed by atoms with Crippen LogP contribution in [-0.4, -0.2) is 75.3 Å². The molecular formula is C31H42N4O7. The van der Waals surface area contributed by atoms with E-state index in [-0.39, 0.29) is 5.92 Å². The summed E-state index contributed by atoms with van der Waals surface area (Å²) >= 11 is 0. The molecule has 0 aromatic heterocycles. The van der Waals surface area contributed by atoms with Gasteiger partial charge in [-0.05, 0) is 73.6 Å². The summed E-state index contributed by atoms with van der Waals surface area (Å²) in [6, 6.07) is 8.59. The number of aliphatic carboxylic acids is 1. The zero-order valence-electron chi connectivity index (χ0n) is 24.8. The Hall–Kier alpha value is -3.80. The predicted molar refractivity (Wildman–Crippen MR) is 159 cm³/mol. The first-order chi connectivity index (χ1) is 19.7. The number of carbonyl (C=O) groups is 4. The minimum Gasteiger partial charge on any atom is -0.480 e. The summed E-state index contributed by atoms with van der Waals surface area (Å²) in [5, 5.41) is 37.8. The van der Waals surface area contributed by atoms with Crippen molar-refractivity contribution < 1.29 is 34.5 Å². The van der Waals surface area contributed by atoms with Crippen LogP contribution >= 0.6 is 0 Å². The number of nitrogens with zero attached hydrogens (tertiary/aromatic N) is 1. The van der Waals surface area contributed by atoms with Crippen molar-refractivity contribution in [1.29, 1.82) is 0 Å². The molecule has 5 atom stereocenters. The maximum absolute atomic E-state index is 13.4. The fourth-order valence-corrected chi connectivity index (χ4v) is 4.69. The van der Waals surface area contributed by atoms with Gasteiger partial charge in [0.2, 0.25) is 11.8 Å². The Morgan fingerprint density at radius 3 is 2.38 bits per heavy atom. The van der Waals surface area contributed by atoms with Crippen molar-refractivity contribution in [3.63, 3.8) is 0 Å². The SMILES string of the molecule is CC(C)[C@H](NC(=O)[C@](C)(/C=C/c1ccc2ccc([C@@H](C)O)cc2c1)CO)C(=O)N[C@@H](C)C(=O)N1CCC[C@@H](C(=O)O)N1. The van der Waals surface area contributed by atoms with E-state index in [0.717, 1.165) is 21.9 Å². The number of amides is 3. The molecule has 3 amide bonds. The van der Waals surface area contributed by atoms with E-state index in [2.05, 4.69) is 16.1 Å². The van der Waals surface area contributed by atoms with Crippen LogP contribution < -0.4 is 16.1 Å². The number of rotatable bonds is 11. The van der Waals surface area contributed by atoms with E-state index in [1.54, 1.807) is 39.8 Å². The second-order valence-electron chi connectivity index (χ2n) is 11.5. The summed E-state index contributed by atoms with van der Waals surface area (Å²) < 4.78 is 0. The Labute approximate surface area is 245 Å². The van der Waals surface area contributed by atoms with Crippen molar-refractivity contribution in [3.05, 3.63) is 53.6 Å². The standard InChI is InChI=1S/C31H42N4O7/c1-18(2)26(27(38)32-19(3)28(39)35-14-6-7-25(34-35)29(40)41)33-30(42)31(5,17-36)13-12-21-8-9-22-10-11-23(20(4)37)16-24(22)15-21/h8-13,15-16,18-20,25-26,34,36-37H,6-7,14,17H2,1-5H3,(H,32,38)(H,33,42)(H,40,41)/b13-12+/t19-,20+,25-,26-,31+/m0/s1. The molecular weight excluding hydrogens is 540 g/mol. The third-order valence-electron chi connectivity index (χ3n) is 7.58. The first-order valence-corrected chi connectivity index (χ1v) is 14.2. The Kier molecular flexibility index (Phi) is 10.8. The molecule has 1 aliphatic rings. The lowest BCUT2D eigenvalue weighted by atomic mass is 9.88. The second-order valence-corrected chi connectivity index (χ2v) is 11.5. The van der Waals surface area contributed by atoms with E-state index < -0.39 is 59.9 Å². The molecule has 1 fully saturated rings. The van der Waals surface area contributed by atoms with Crippen LogP contribution in [0.2, 0.25) is 0 Å². The van der Waals surface area contributed by atoms with Crippen LogP contribution in [0.1, 0.15) is 64.7 Å². The molecule has 0 unspecified atom stereocenters. The fraction of sp³-hybridized carbons (Fsp3) is 0.484. The molecule has 1 heterocycles. The minimum absolute atomic E-state index is 0.313. The first-order valence-electron chi connectivity index (χ1n) is 14.2. The number of benzene rings is 2. The largest absolute Gasteiger partial charge is 0.480 e. The highest BCUT2D eigenvalue weighted by Gasteiger charge is 2.36. The predicted octanol–water partition coefficient (Wildman–Crippen LogP) is 2.13. The lowest BCUT2D eigenvalue weighted by Crippen LogP contribution is -2.61. The van der Waals surface area contributed by atoms with Gasteiger partial charge in [0.15, 0.2) is 0 Å². The Morgan fingerprint density at radius 1 is 1.07 bits per heavy atom. The van der Waals surface area contributed by atoms with E-state index in [1.165, 1.54) is 11.9 Å². The number of carboxylic acid groups (broad SMARTS) is 1. The first kappa shape index (κ1) is 32.7. The van der Waals surface area contributed by atoms with E-state index in [4.69, 9.17) is 0 Å². The molecule has 3 rings (SSSR count). The van der Waals surface area contributed by atoms with Gasteiger partial charge < -0.3 is 26.0 Å². The van der Waals surface area contributed by atoms with Crippen LogP contribution in [0.15, 0.2) is 42.5 Å². The molecule has 6 N–H and O–H groups in total. The van der Waals surface area contributed by atoms with Gasteiger partial charge >= 0.3 is 5.97 Å². The van der Waals surface area contributed by atoms with Crippen molar-refractivity contribution in [2.75, 3.05) is 13.2 Å². The monoisotopic (exact) mass is 582 g/mol. The highest BCUT2D eigenvalue weighted by atomic mass is 16.4. The van der Waals surface area contributed by atoms with Crippen molar-refractivity contribution in [1.82, 2.24) is 21.1 Å². The number of carboxylic acids is 1. The number of carbonyl (C=O) groups excluding carboxylic acids is 3. The maximum Gasteiger partial charge on any atom is 0.322 e. The summed E-state index contributed by atoms with van der Waals surface area (Å²) in [6.07, 6.45) is 3.61. The van der Waals surface area contributed by atoms with Gasteiger partial charge in [0.05, 0.1) is 18.1 Å². The molecule has 1 aliphatic heterocycles. The van der Waals surface area contributed by atoms with E-state index >= 15 is 0 Å². The van der Waals surface area contributed by atoms with Crippen molar-refractivity contribution in [3.8, 4) is 0 Å². The normalized spacial score (nSPS) is 19.2. The number of hydrogen-bond donors (Lipinski definition) is 6. The molecule has 0 radical (unpaired) electrons. The van der Waals surface area contributed by atoms with Gasteiger partial charge in [0, 0.05) is 6.54 Å². The van der Waals surface area contributed by atoms with Crippen molar-refractivity contribution in [2.45, 2.75) is 71.7 Å². The fourth-order valence-electron chi connectivity index (χ4n) is 4.69. The molecule has 1 saturated heterocycles. The van der Waals surface area contributed by atoms with Gasteiger partial charge in [-0.25, -0.2) is 5.43 Å². The number of aliphatic hydroxyl groups excluding tert-OH is 2.